The summed E-state index contributed by atoms with van der Waals surface area (Å²) < 4.78 is 13.0. The molecule has 1 saturated heterocycles. The molecule has 1 aliphatic rings. The summed E-state index contributed by atoms with van der Waals surface area (Å²) in [5.74, 6) is 5.07. The van der Waals surface area contributed by atoms with Crippen molar-refractivity contribution in [3.05, 3.63) is 69.5 Å². The van der Waals surface area contributed by atoms with Crippen molar-refractivity contribution < 1.29 is 9.18 Å². The summed E-state index contributed by atoms with van der Waals surface area (Å²) in [6.45, 7) is 3.51. The Bertz CT molecular complexity index is 850. The molecule has 1 heterocycles. The van der Waals surface area contributed by atoms with E-state index >= 15 is 0 Å². The summed E-state index contributed by atoms with van der Waals surface area (Å²) in [5.41, 5.74) is 1.72. The van der Waals surface area contributed by atoms with Gasteiger partial charge in [0.25, 0.3) is 5.91 Å². The van der Waals surface area contributed by atoms with E-state index < -0.39 is 0 Å². The zero-order valence-corrected chi connectivity index (χ0v) is 15.5. The SMILES string of the molecule is O=C(C#Cc1ccc(Cl)c(Cl)c1)N1CCN(Cc2ccc(F)cc2)CC1. The van der Waals surface area contributed by atoms with E-state index in [2.05, 4.69) is 16.7 Å². The van der Waals surface area contributed by atoms with Gasteiger partial charge in [-0.05, 0) is 35.9 Å². The summed E-state index contributed by atoms with van der Waals surface area (Å²) in [6, 6.07) is 11.5. The molecule has 0 radical (unpaired) electrons. The molecule has 26 heavy (non-hydrogen) atoms. The van der Waals surface area contributed by atoms with Gasteiger partial charge >= 0.3 is 0 Å². The highest BCUT2D eigenvalue weighted by Gasteiger charge is 2.19. The predicted octanol–water partition coefficient (Wildman–Crippen LogP) is 3.83. The fourth-order valence-corrected chi connectivity index (χ4v) is 3.03. The molecule has 0 spiro atoms. The van der Waals surface area contributed by atoms with Gasteiger partial charge in [-0.25, -0.2) is 4.39 Å². The van der Waals surface area contributed by atoms with E-state index in [1.807, 2.05) is 0 Å². The third-order valence-electron chi connectivity index (χ3n) is 4.21. The number of nitrogens with zero attached hydrogens (tertiary/aromatic N) is 2. The molecular formula is C20H17Cl2FN2O. The van der Waals surface area contributed by atoms with Crippen molar-refractivity contribution in [1.82, 2.24) is 9.80 Å². The number of carbonyl (C=O) groups excluding carboxylic acids is 1. The molecule has 3 nitrogen and oxygen atoms in total. The Labute approximate surface area is 162 Å². The van der Waals surface area contributed by atoms with E-state index in [-0.39, 0.29) is 11.7 Å². The average molecular weight is 391 g/mol. The molecule has 0 unspecified atom stereocenters. The molecule has 0 atom stereocenters. The lowest BCUT2D eigenvalue weighted by molar-refractivity contribution is -0.126. The lowest BCUT2D eigenvalue weighted by atomic mass is 10.2. The van der Waals surface area contributed by atoms with Gasteiger partial charge in [-0.3, -0.25) is 9.69 Å². The van der Waals surface area contributed by atoms with Crippen LogP contribution < -0.4 is 0 Å². The maximum Gasteiger partial charge on any atom is 0.298 e. The minimum atomic E-state index is -0.232. The van der Waals surface area contributed by atoms with Crippen molar-refractivity contribution in [3.63, 3.8) is 0 Å². The molecule has 6 heteroatoms. The largest absolute Gasteiger partial charge is 0.329 e. The van der Waals surface area contributed by atoms with Crippen LogP contribution in [0.5, 0.6) is 0 Å². The van der Waals surface area contributed by atoms with E-state index in [1.54, 1.807) is 35.2 Å². The fourth-order valence-electron chi connectivity index (χ4n) is 2.74. The minimum absolute atomic E-state index is 0.197. The summed E-state index contributed by atoms with van der Waals surface area (Å²) >= 11 is 11.8. The van der Waals surface area contributed by atoms with Crippen molar-refractivity contribution in [1.29, 1.82) is 0 Å². The summed E-state index contributed by atoms with van der Waals surface area (Å²) in [4.78, 5) is 16.2. The maximum absolute atomic E-state index is 13.0. The molecule has 1 fully saturated rings. The number of rotatable bonds is 2. The van der Waals surface area contributed by atoms with Crippen LogP contribution in [0.4, 0.5) is 4.39 Å². The molecule has 1 aliphatic heterocycles. The van der Waals surface area contributed by atoms with Gasteiger partial charge < -0.3 is 4.90 Å². The van der Waals surface area contributed by atoms with E-state index in [9.17, 15) is 9.18 Å². The topological polar surface area (TPSA) is 23.6 Å². The van der Waals surface area contributed by atoms with E-state index in [0.717, 1.165) is 25.2 Å². The first-order valence-corrected chi connectivity index (χ1v) is 8.99. The molecule has 0 N–H and O–H groups in total. The molecule has 134 valence electrons. The number of carbonyl (C=O) groups is 1. The molecule has 1 amide bonds. The highest BCUT2D eigenvalue weighted by atomic mass is 35.5. The van der Waals surface area contributed by atoms with Crippen LogP contribution in [-0.2, 0) is 11.3 Å². The zero-order valence-electron chi connectivity index (χ0n) is 14.0. The molecular weight excluding hydrogens is 374 g/mol. The number of halogens is 3. The Morgan fingerprint density at radius 3 is 2.35 bits per heavy atom. The number of amides is 1. The number of piperazine rings is 1. The Balaban J connectivity index is 1.53. The number of hydrogen-bond donors (Lipinski definition) is 0. The van der Waals surface area contributed by atoms with Crippen LogP contribution in [-0.4, -0.2) is 41.9 Å². The molecule has 0 aromatic heterocycles. The van der Waals surface area contributed by atoms with Gasteiger partial charge in [0, 0.05) is 44.2 Å². The maximum atomic E-state index is 13.0. The van der Waals surface area contributed by atoms with Gasteiger partial charge in [0.1, 0.15) is 5.82 Å². The average Bonchev–Trinajstić information content (AvgIpc) is 2.65. The Kier molecular flexibility index (Phi) is 6.16. The van der Waals surface area contributed by atoms with Gasteiger partial charge in [0.05, 0.1) is 10.0 Å². The first-order valence-electron chi connectivity index (χ1n) is 8.24. The van der Waals surface area contributed by atoms with Crippen LogP contribution in [0.1, 0.15) is 11.1 Å². The van der Waals surface area contributed by atoms with E-state index in [0.29, 0.717) is 28.7 Å². The third-order valence-corrected chi connectivity index (χ3v) is 4.95. The second kappa shape index (κ2) is 8.55. The van der Waals surface area contributed by atoms with Crippen LogP contribution in [0.25, 0.3) is 0 Å². The van der Waals surface area contributed by atoms with E-state index in [1.165, 1.54) is 12.1 Å². The van der Waals surface area contributed by atoms with Crippen LogP contribution in [0.3, 0.4) is 0 Å². The van der Waals surface area contributed by atoms with Crippen LogP contribution in [0.15, 0.2) is 42.5 Å². The molecule has 0 aliphatic carbocycles. The summed E-state index contributed by atoms with van der Waals surface area (Å²) in [5, 5.41) is 0.876. The second-order valence-electron chi connectivity index (χ2n) is 6.07. The van der Waals surface area contributed by atoms with Crippen molar-refractivity contribution >= 4 is 29.1 Å². The van der Waals surface area contributed by atoms with Crippen molar-refractivity contribution in [2.45, 2.75) is 6.54 Å². The lowest BCUT2D eigenvalue weighted by Crippen LogP contribution is -2.47. The first-order chi connectivity index (χ1) is 12.5. The minimum Gasteiger partial charge on any atom is -0.329 e. The third kappa shape index (κ3) is 4.98. The fraction of sp³-hybridized carbons (Fsp3) is 0.250. The van der Waals surface area contributed by atoms with Crippen LogP contribution in [0, 0.1) is 17.7 Å². The van der Waals surface area contributed by atoms with Gasteiger partial charge in [0.2, 0.25) is 0 Å². The molecule has 3 rings (SSSR count). The van der Waals surface area contributed by atoms with E-state index in [4.69, 9.17) is 23.2 Å². The zero-order chi connectivity index (χ0) is 18.5. The lowest BCUT2D eigenvalue weighted by Gasteiger charge is -2.33. The Morgan fingerprint density at radius 2 is 1.69 bits per heavy atom. The molecule has 2 aromatic carbocycles. The van der Waals surface area contributed by atoms with Gasteiger partial charge in [-0.2, -0.15) is 0 Å². The number of hydrogen-bond acceptors (Lipinski definition) is 2. The number of benzene rings is 2. The quantitative estimate of drug-likeness (QED) is 0.727. The van der Waals surface area contributed by atoms with Gasteiger partial charge in [0.15, 0.2) is 0 Å². The van der Waals surface area contributed by atoms with Gasteiger partial charge in [-0.1, -0.05) is 41.3 Å². The van der Waals surface area contributed by atoms with Crippen LogP contribution >= 0.6 is 23.2 Å². The highest BCUT2D eigenvalue weighted by molar-refractivity contribution is 6.42. The Morgan fingerprint density at radius 1 is 1.00 bits per heavy atom. The highest BCUT2D eigenvalue weighted by Crippen LogP contribution is 2.22. The summed E-state index contributed by atoms with van der Waals surface area (Å²) in [7, 11) is 0. The standard InChI is InChI=1S/C20H17Cl2FN2O/c21-18-7-3-15(13-19(18)22)4-8-20(26)25-11-9-24(10-12-25)14-16-1-5-17(23)6-2-16/h1-3,5-7,13H,9-12,14H2. The second-order valence-corrected chi connectivity index (χ2v) is 6.89. The summed E-state index contributed by atoms with van der Waals surface area (Å²) in [6.07, 6.45) is 0. The molecule has 2 aromatic rings. The predicted molar refractivity (Wildman–Crippen MR) is 102 cm³/mol. The molecule has 0 bridgehead atoms. The van der Waals surface area contributed by atoms with Crippen molar-refractivity contribution in [2.24, 2.45) is 0 Å². The van der Waals surface area contributed by atoms with Crippen molar-refractivity contribution in [3.8, 4) is 11.8 Å². The Hall–Kier alpha value is -2.06. The smallest absolute Gasteiger partial charge is 0.298 e. The normalized spacial score (nSPS) is 14.7. The van der Waals surface area contributed by atoms with Crippen LogP contribution in [0.2, 0.25) is 10.0 Å². The monoisotopic (exact) mass is 390 g/mol. The molecule has 0 saturated carbocycles. The van der Waals surface area contributed by atoms with Crippen molar-refractivity contribution in [2.75, 3.05) is 26.2 Å². The first kappa shape index (κ1) is 18.7. The van der Waals surface area contributed by atoms with Gasteiger partial charge in [-0.15, -0.1) is 0 Å².